The molecule has 0 fully saturated rings. The Balaban J connectivity index is 1.91. The summed E-state index contributed by atoms with van der Waals surface area (Å²) in [4.78, 5) is 35.3. The Morgan fingerprint density at radius 1 is 0.917 bits per heavy atom. The number of benzene rings is 2. The second kappa shape index (κ2) is 7.92. The van der Waals surface area contributed by atoms with E-state index in [-0.39, 0.29) is 6.42 Å². The lowest BCUT2D eigenvalue weighted by molar-refractivity contribution is -0.123. The van der Waals surface area contributed by atoms with E-state index >= 15 is 0 Å². The molecule has 0 aliphatic heterocycles. The second-order valence-electron chi connectivity index (χ2n) is 5.21. The van der Waals surface area contributed by atoms with Crippen molar-refractivity contribution in [2.45, 2.75) is 13.3 Å². The van der Waals surface area contributed by atoms with E-state index in [0.717, 1.165) is 5.56 Å². The van der Waals surface area contributed by atoms with Gasteiger partial charge in [-0.2, -0.15) is 0 Å². The van der Waals surface area contributed by atoms with Crippen LogP contribution < -0.4 is 10.6 Å². The summed E-state index contributed by atoms with van der Waals surface area (Å²) < 4.78 is 4.62. The zero-order chi connectivity index (χ0) is 17.5. The van der Waals surface area contributed by atoms with Crippen LogP contribution in [0.1, 0.15) is 22.3 Å². The minimum absolute atomic E-state index is 0.319. The summed E-state index contributed by atoms with van der Waals surface area (Å²) in [5.74, 6) is -1.38. The molecule has 0 heterocycles. The molecule has 0 saturated heterocycles. The molecule has 0 saturated carbocycles. The van der Waals surface area contributed by atoms with E-state index in [1.165, 1.54) is 13.2 Å². The van der Waals surface area contributed by atoms with Crippen molar-refractivity contribution in [3.05, 3.63) is 59.7 Å². The van der Waals surface area contributed by atoms with Crippen molar-refractivity contribution in [1.29, 1.82) is 0 Å². The van der Waals surface area contributed by atoms with Crippen LogP contribution >= 0.6 is 0 Å². The highest BCUT2D eigenvalue weighted by Crippen LogP contribution is 2.13. The van der Waals surface area contributed by atoms with Gasteiger partial charge >= 0.3 is 5.97 Å². The molecular formula is C18H18N2O4. The van der Waals surface area contributed by atoms with Gasteiger partial charge in [-0.3, -0.25) is 9.59 Å². The molecule has 24 heavy (non-hydrogen) atoms. The fourth-order valence-corrected chi connectivity index (χ4v) is 2.03. The summed E-state index contributed by atoms with van der Waals surface area (Å²) in [6, 6.07) is 13.6. The number of hydrogen-bond donors (Lipinski definition) is 2. The zero-order valence-corrected chi connectivity index (χ0v) is 13.5. The average Bonchev–Trinajstić information content (AvgIpc) is 2.56. The van der Waals surface area contributed by atoms with Crippen molar-refractivity contribution >= 4 is 29.2 Å². The van der Waals surface area contributed by atoms with Gasteiger partial charge in [0.15, 0.2) is 0 Å². The normalized spacial score (nSPS) is 9.92. The first-order valence-electron chi connectivity index (χ1n) is 7.32. The Morgan fingerprint density at radius 2 is 1.54 bits per heavy atom. The molecule has 2 aromatic rings. The molecule has 6 nitrogen and oxygen atoms in total. The Bertz CT molecular complexity index is 754. The van der Waals surface area contributed by atoms with Crippen LogP contribution in [0.2, 0.25) is 0 Å². The number of hydrogen-bond acceptors (Lipinski definition) is 4. The molecule has 6 heteroatoms. The van der Waals surface area contributed by atoms with Gasteiger partial charge in [0, 0.05) is 11.4 Å². The van der Waals surface area contributed by atoms with E-state index in [1.54, 1.807) is 30.3 Å². The van der Waals surface area contributed by atoms with Gasteiger partial charge < -0.3 is 15.4 Å². The van der Waals surface area contributed by atoms with Crippen LogP contribution in [-0.2, 0) is 14.3 Å². The van der Waals surface area contributed by atoms with Crippen LogP contribution in [0.25, 0.3) is 0 Å². The van der Waals surface area contributed by atoms with Gasteiger partial charge in [0.2, 0.25) is 11.8 Å². The van der Waals surface area contributed by atoms with Crippen molar-refractivity contribution in [1.82, 2.24) is 0 Å². The number of carbonyl (C=O) groups is 3. The summed E-state index contributed by atoms with van der Waals surface area (Å²) >= 11 is 0. The van der Waals surface area contributed by atoms with E-state index in [0.29, 0.717) is 16.9 Å². The monoisotopic (exact) mass is 326 g/mol. The standard InChI is InChI=1S/C18H18N2O4/c1-12-6-8-14(9-7-12)19-16(21)11-17(22)20-15-5-3-4-13(10-15)18(23)24-2/h3-10H,11H2,1-2H3,(H,19,21)(H,20,22). The maximum atomic E-state index is 11.9. The highest BCUT2D eigenvalue weighted by atomic mass is 16.5. The lowest BCUT2D eigenvalue weighted by atomic mass is 10.2. The molecule has 2 amide bonds. The van der Waals surface area contributed by atoms with Crippen LogP contribution in [-0.4, -0.2) is 24.9 Å². The quantitative estimate of drug-likeness (QED) is 0.653. The predicted octanol–water partition coefficient (Wildman–Crippen LogP) is 2.75. The first kappa shape index (κ1) is 17.2. The number of esters is 1. The van der Waals surface area contributed by atoms with E-state index in [9.17, 15) is 14.4 Å². The predicted molar refractivity (Wildman–Crippen MR) is 90.8 cm³/mol. The lowest BCUT2D eigenvalue weighted by Crippen LogP contribution is -2.21. The third-order valence-corrected chi connectivity index (χ3v) is 3.22. The van der Waals surface area contributed by atoms with Crippen molar-refractivity contribution in [2.24, 2.45) is 0 Å². The van der Waals surface area contributed by atoms with E-state index in [1.807, 2.05) is 19.1 Å². The molecule has 0 spiro atoms. The Labute approximate surface area is 139 Å². The van der Waals surface area contributed by atoms with Gasteiger partial charge in [0.1, 0.15) is 6.42 Å². The van der Waals surface area contributed by atoms with E-state index in [2.05, 4.69) is 15.4 Å². The number of methoxy groups -OCH3 is 1. The molecule has 0 unspecified atom stereocenters. The molecular weight excluding hydrogens is 308 g/mol. The minimum atomic E-state index is -0.497. The summed E-state index contributed by atoms with van der Waals surface area (Å²) in [5, 5.41) is 5.23. The SMILES string of the molecule is COC(=O)c1cccc(NC(=O)CC(=O)Nc2ccc(C)cc2)c1. The largest absolute Gasteiger partial charge is 0.465 e. The van der Waals surface area contributed by atoms with Crippen molar-refractivity contribution in [3.63, 3.8) is 0 Å². The topological polar surface area (TPSA) is 84.5 Å². The maximum absolute atomic E-state index is 11.9. The van der Waals surface area contributed by atoms with E-state index < -0.39 is 17.8 Å². The van der Waals surface area contributed by atoms with Crippen molar-refractivity contribution in [3.8, 4) is 0 Å². The van der Waals surface area contributed by atoms with Crippen LogP contribution in [0.4, 0.5) is 11.4 Å². The number of nitrogens with one attached hydrogen (secondary N) is 2. The first-order chi connectivity index (χ1) is 11.5. The van der Waals surface area contributed by atoms with Crippen LogP contribution in [0, 0.1) is 6.92 Å². The van der Waals surface area contributed by atoms with Crippen LogP contribution in [0.3, 0.4) is 0 Å². The third-order valence-electron chi connectivity index (χ3n) is 3.22. The smallest absolute Gasteiger partial charge is 0.337 e. The van der Waals surface area contributed by atoms with Gasteiger partial charge in [-0.15, -0.1) is 0 Å². The molecule has 0 atom stereocenters. The molecule has 2 aromatic carbocycles. The summed E-state index contributed by atoms with van der Waals surface area (Å²) in [6.07, 6.45) is -0.323. The molecule has 124 valence electrons. The van der Waals surface area contributed by atoms with Gasteiger partial charge in [0.05, 0.1) is 12.7 Å². The molecule has 0 aromatic heterocycles. The van der Waals surface area contributed by atoms with Gasteiger partial charge in [-0.1, -0.05) is 23.8 Å². The fourth-order valence-electron chi connectivity index (χ4n) is 2.03. The molecule has 0 bridgehead atoms. The number of carbonyl (C=O) groups excluding carboxylic acids is 3. The maximum Gasteiger partial charge on any atom is 0.337 e. The molecule has 2 rings (SSSR count). The molecule has 2 N–H and O–H groups in total. The van der Waals surface area contributed by atoms with Crippen molar-refractivity contribution in [2.75, 3.05) is 17.7 Å². The molecule has 0 aliphatic rings. The third kappa shape index (κ3) is 4.95. The Morgan fingerprint density at radius 3 is 2.17 bits per heavy atom. The number of ether oxygens (including phenoxy) is 1. The number of aryl methyl sites for hydroxylation is 1. The summed E-state index contributed by atoms with van der Waals surface area (Å²) in [6.45, 7) is 1.95. The zero-order valence-electron chi connectivity index (χ0n) is 13.5. The van der Waals surface area contributed by atoms with Crippen LogP contribution in [0.15, 0.2) is 48.5 Å². The Kier molecular flexibility index (Phi) is 5.68. The average molecular weight is 326 g/mol. The highest BCUT2D eigenvalue weighted by molar-refractivity contribution is 6.08. The highest BCUT2D eigenvalue weighted by Gasteiger charge is 2.11. The summed E-state index contributed by atoms with van der Waals surface area (Å²) in [7, 11) is 1.28. The fraction of sp³-hybridized carbons (Fsp3) is 0.167. The molecule has 0 aliphatic carbocycles. The van der Waals surface area contributed by atoms with E-state index in [4.69, 9.17) is 0 Å². The molecule has 0 radical (unpaired) electrons. The number of amides is 2. The van der Waals surface area contributed by atoms with Crippen LogP contribution in [0.5, 0.6) is 0 Å². The Hall–Kier alpha value is -3.15. The minimum Gasteiger partial charge on any atom is -0.465 e. The van der Waals surface area contributed by atoms with Gasteiger partial charge in [-0.05, 0) is 37.3 Å². The first-order valence-corrected chi connectivity index (χ1v) is 7.32. The number of anilines is 2. The number of rotatable bonds is 5. The lowest BCUT2D eigenvalue weighted by Gasteiger charge is -2.08. The summed E-state index contributed by atoms with van der Waals surface area (Å²) in [5.41, 5.74) is 2.45. The van der Waals surface area contributed by atoms with Crippen molar-refractivity contribution < 1.29 is 19.1 Å². The van der Waals surface area contributed by atoms with Gasteiger partial charge in [0.25, 0.3) is 0 Å². The second-order valence-corrected chi connectivity index (χ2v) is 5.21. The van der Waals surface area contributed by atoms with Gasteiger partial charge in [-0.25, -0.2) is 4.79 Å².